The molecule has 0 spiro atoms. The third-order valence-corrected chi connectivity index (χ3v) is 6.40. The van der Waals surface area contributed by atoms with E-state index in [1.165, 1.54) is 29.4 Å². The molecule has 0 saturated carbocycles. The molecule has 0 aliphatic carbocycles. The zero-order valence-electron chi connectivity index (χ0n) is 21.5. The summed E-state index contributed by atoms with van der Waals surface area (Å²) in [6, 6.07) is 23.0. The first-order chi connectivity index (χ1) is 16.9. The van der Waals surface area contributed by atoms with Crippen molar-refractivity contribution in [3.63, 3.8) is 0 Å². The van der Waals surface area contributed by atoms with Crippen molar-refractivity contribution in [3.05, 3.63) is 94.5 Å². The number of benzene rings is 3. The Morgan fingerprint density at radius 2 is 1.57 bits per heavy atom. The summed E-state index contributed by atoms with van der Waals surface area (Å²) < 4.78 is 11.7. The number of aryl methyl sites for hydroxylation is 3. The molecular formula is C30H37NO4. The van der Waals surface area contributed by atoms with E-state index in [9.17, 15) is 4.79 Å². The molecule has 1 amide bonds. The van der Waals surface area contributed by atoms with Gasteiger partial charge in [-0.3, -0.25) is 9.63 Å². The van der Waals surface area contributed by atoms with Gasteiger partial charge in [0, 0.05) is 7.05 Å². The van der Waals surface area contributed by atoms with Crippen molar-refractivity contribution in [2.75, 3.05) is 20.8 Å². The first kappa shape index (κ1) is 26.3. The molecule has 186 valence electrons. The fourth-order valence-corrected chi connectivity index (χ4v) is 4.13. The first-order valence-corrected chi connectivity index (χ1v) is 12.2. The van der Waals surface area contributed by atoms with Crippen LogP contribution in [0.15, 0.2) is 66.7 Å². The van der Waals surface area contributed by atoms with Crippen molar-refractivity contribution < 1.29 is 19.1 Å². The second kappa shape index (κ2) is 13.0. The molecule has 0 fully saturated rings. The lowest BCUT2D eigenvalue weighted by molar-refractivity contribution is -0.170. The van der Waals surface area contributed by atoms with Crippen molar-refractivity contribution >= 4 is 5.91 Å². The summed E-state index contributed by atoms with van der Waals surface area (Å²) in [7, 11) is 3.02. The molecule has 3 rings (SSSR count). The number of hydroxylamine groups is 2. The highest BCUT2D eigenvalue weighted by Crippen LogP contribution is 2.30. The van der Waals surface area contributed by atoms with Crippen LogP contribution in [0, 0.1) is 13.8 Å². The summed E-state index contributed by atoms with van der Waals surface area (Å²) >= 11 is 0. The predicted octanol–water partition coefficient (Wildman–Crippen LogP) is 6.41. The van der Waals surface area contributed by atoms with Gasteiger partial charge in [0.15, 0.2) is 6.61 Å². The standard InChI is InChI=1S/C30H37NO4/c1-6-26(27-15-17-29(23(3)19-27)34-20-25-10-8-7-9-11-25)14-12-24-13-16-28(22(2)18-24)35-21-30(32)31(4)33-5/h7-11,13,15-19,26H,6,12,14,20-21H2,1-5H3. The maximum Gasteiger partial charge on any atom is 0.283 e. The lowest BCUT2D eigenvalue weighted by Crippen LogP contribution is -2.30. The van der Waals surface area contributed by atoms with Crippen LogP contribution in [0.3, 0.4) is 0 Å². The molecular weight excluding hydrogens is 438 g/mol. The van der Waals surface area contributed by atoms with E-state index in [1.807, 2.05) is 31.2 Å². The van der Waals surface area contributed by atoms with Gasteiger partial charge >= 0.3 is 0 Å². The van der Waals surface area contributed by atoms with E-state index in [-0.39, 0.29) is 12.5 Å². The van der Waals surface area contributed by atoms with Crippen LogP contribution in [0.4, 0.5) is 0 Å². The van der Waals surface area contributed by atoms with E-state index in [4.69, 9.17) is 14.3 Å². The summed E-state index contributed by atoms with van der Waals surface area (Å²) in [6.07, 6.45) is 3.13. The normalized spacial score (nSPS) is 11.7. The number of amides is 1. The minimum atomic E-state index is -0.228. The molecule has 1 unspecified atom stereocenters. The maximum absolute atomic E-state index is 11.9. The maximum atomic E-state index is 11.9. The van der Waals surface area contributed by atoms with Crippen LogP contribution in [-0.2, 0) is 22.7 Å². The molecule has 5 heteroatoms. The highest BCUT2D eigenvalue weighted by molar-refractivity contribution is 5.76. The zero-order valence-corrected chi connectivity index (χ0v) is 21.5. The van der Waals surface area contributed by atoms with Crippen LogP contribution in [0.2, 0.25) is 0 Å². The van der Waals surface area contributed by atoms with Crippen molar-refractivity contribution in [2.45, 2.75) is 52.6 Å². The lowest BCUT2D eigenvalue weighted by atomic mass is 9.89. The van der Waals surface area contributed by atoms with Gasteiger partial charge in [-0.15, -0.1) is 0 Å². The van der Waals surface area contributed by atoms with E-state index in [0.29, 0.717) is 12.5 Å². The molecule has 0 N–H and O–H groups in total. The van der Waals surface area contributed by atoms with Crippen molar-refractivity contribution in [1.82, 2.24) is 5.06 Å². The Kier molecular flexibility index (Phi) is 9.74. The van der Waals surface area contributed by atoms with Crippen LogP contribution < -0.4 is 9.47 Å². The third kappa shape index (κ3) is 7.59. The molecule has 1 atom stereocenters. The number of carbonyl (C=O) groups is 1. The minimum Gasteiger partial charge on any atom is -0.489 e. The molecule has 0 aromatic heterocycles. The Labute approximate surface area is 209 Å². The summed E-state index contributed by atoms with van der Waals surface area (Å²) in [6.45, 7) is 6.91. The molecule has 35 heavy (non-hydrogen) atoms. The molecule has 0 aliphatic rings. The second-order valence-electron chi connectivity index (χ2n) is 8.91. The number of rotatable bonds is 12. The number of likely N-dealkylation sites (N-methyl/N-ethyl adjacent to an activating group) is 1. The van der Waals surface area contributed by atoms with Crippen molar-refractivity contribution in [2.24, 2.45) is 0 Å². The molecule has 5 nitrogen and oxygen atoms in total. The number of hydrogen-bond acceptors (Lipinski definition) is 4. The molecule has 0 saturated heterocycles. The van der Waals surface area contributed by atoms with Gasteiger partial charge < -0.3 is 9.47 Å². The zero-order chi connectivity index (χ0) is 25.2. The van der Waals surface area contributed by atoms with Crippen LogP contribution in [0.25, 0.3) is 0 Å². The average Bonchev–Trinajstić information content (AvgIpc) is 2.88. The topological polar surface area (TPSA) is 48.0 Å². The van der Waals surface area contributed by atoms with E-state index < -0.39 is 0 Å². The summed E-state index contributed by atoms with van der Waals surface area (Å²) in [4.78, 5) is 16.8. The minimum absolute atomic E-state index is 0.0488. The lowest BCUT2D eigenvalue weighted by Gasteiger charge is -2.18. The van der Waals surface area contributed by atoms with Crippen molar-refractivity contribution in [1.29, 1.82) is 0 Å². The Morgan fingerprint density at radius 1 is 0.886 bits per heavy atom. The van der Waals surface area contributed by atoms with E-state index in [1.54, 1.807) is 7.05 Å². The number of hydrogen-bond donors (Lipinski definition) is 0. The van der Waals surface area contributed by atoms with Crippen molar-refractivity contribution in [3.8, 4) is 11.5 Å². The molecule has 0 bridgehead atoms. The molecule has 3 aromatic rings. The number of ether oxygens (including phenoxy) is 2. The Hall–Kier alpha value is -3.31. The van der Waals surface area contributed by atoms with Gasteiger partial charge in [-0.1, -0.05) is 61.5 Å². The SMILES string of the molecule is CCC(CCc1ccc(OCC(=O)N(C)OC)c(C)c1)c1ccc(OCc2ccccc2)c(C)c1. The number of nitrogens with zero attached hydrogens (tertiary/aromatic N) is 1. The summed E-state index contributed by atoms with van der Waals surface area (Å²) in [5, 5.41) is 1.16. The van der Waals surface area contributed by atoms with E-state index >= 15 is 0 Å². The van der Waals surface area contributed by atoms with E-state index in [0.717, 1.165) is 41.4 Å². The van der Waals surface area contributed by atoms with Crippen LogP contribution >= 0.6 is 0 Å². The Balaban J connectivity index is 1.56. The summed E-state index contributed by atoms with van der Waals surface area (Å²) in [5.41, 5.74) is 5.99. The Morgan fingerprint density at radius 3 is 2.23 bits per heavy atom. The van der Waals surface area contributed by atoms with Gasteiger partial charge in [0.25, 0.3) is 5.91 Å². The largest absolute Gasteiger partial charge is 0.489 e. The van der Waals surface area contributed by atoms with Crippen LogP contribution in [-0.4, -0.2) is 31.7 Å². The van der Waals surface area contributed by atoms with Gasteiger partial charge in [0.2, 0.25) is 0 Å². The Bertz CT molecular complexity index is 1100. The van der Waals surface area contributed by atoms with Crippen LogP contribution in [0.5, 0.6) is 11.5 Å². The van der Waals surface area contributed by atoms with Gasteiger partial charge in [0.1, 0.15) is 18.1 Å². The monoisotopic (exact) mass is 475 g/mol. The van der Waals surface area contributed by atoms with Gasteiger partial charge in [-0.05, 0) is 79.0 Å². The van der Waals surface area contributed by atoms with Crippen LogP contribution in [0.1, 0.15) is 53.5 Å². The first-order valence-electron chi connectivity index (χ1n) is 12.2. The summed E-state index contributed by atoms with van der Waals surface area (Å²) in [5.74, 6) is 1.91. The van der Waals surface area contributed by atoms with Gasteiger partial charge in [0.05, 0.1) is 7.11 Å². The highest BCUT2D eigenvalue weighted by atomic mass is 16.7. The fraction of sp³-hybridized carbons (Fsp3) is 0.367. The molecule has 0 radical (unpaired) electrons. The van der Waals surface area contributed by atoms with E-state index in [2.05, 4.69) is 56.3 Å². The predicted molar refractivity (Wildman–Crippen MR) is 140 cm³/mol. The highest BCUT2D eigenvalue weighted by Gasteiger charge is 2.13. The quantitative estimate of drug-likeness (QED) is 0.284. The van der Waals surface area contributed by atoms with Gasteiger partial charge in [-0.2, -0.15) is 0 Å². The smallest absolute Gasteiger partial charge is 0.283 e. The molecule has 3 aromatic carbocycles. The molecule has 0 aliphatic heterocycles. The van der Waals surface area contributed by atoms with Gasteiger partial charge in [-0.25, -0.2) is 5.06 Å². The average molecular weight is 476 g/mol. The second-order valence-corrected chi connectivity index (χ2v) is 8.91. The third-order valence-electron chi connectivity index (χ3n) is 6.40. The molecule has 0 heterocycles. The number of carbonyl (C=O) groups excluding carboxylic acids is 1. The fourth-order valence-electron chi connectivity index (χ4n) is 4.13.